The summed E-state index contributed by atoms with van der Waals surface area (Å²) in [6.45, 7) is 2.13. The van der Waals surface area contributed by atoms with Gasteiger partial charge < -0.3 is 4.74 Å². The molecule has 0 heterocycles. The lowest BCUT2D eigenvalue weighted by Crippen LogP contribution is -2.05. The number of hydrogen-bond acceptors (Lipinski definition) is 2. The fraction of sp³-hybridized carbons (Fsp3) is 0.222. The van der Waals surface area contributed by atoms with Gasteiger partial charge in [-0.15, -0.1) is 0 Å². The molecule has 13 heavy (non-hydrogen) atoms. The lowest BCUT2D eigenvalue weighted by atomic mass is 10.2. The molecule has 1 aromatic rings. The fourth-order valence-corrected chi connectivity index (χ4v) is 1.57. The van der Waals surface area contributed by atoms with Gasteiger partial charge in [0.2, 0.25) is 0 Å². The predicted molar refractivity (Wildman–Crippen MR) is 60.1 cm³/mol. The molecule has 1 aromatic carbocycles. The zero-order valence-corrected chi connectivity index (χ0v) is 9.93. The normalized spacial score (nSPS) is 9.77. The van der Waals surface area contributed by atoms with Crippen LogP contribution in [0.4, 0.5) is 0 Å². The molecule has 4 heteroatoms. The maximum atomic E-state index is 11.3. The number of rotatable bonds is 2. The zero-order valence-electron chi connectivity index (χ0n) is 7.01. The molecule has 0 saturated carbocycles. The standard InChI is InChI=1S/C9H8ClIO2/c1-2-13-9(12)6-4-3-5-7(11)8(6)10/h3-5H,2H2,1H3. The highest BCUT2D eigenvalue weighted by Gasteiger charge is 2.12. The molecule has 70 valence electrons. The van der Waals surface area contributed by atoms with Crippen molar-refractivity contribution in [1.29, 1.82) is 0 Å². The van der Waals surface area contributed by atoms with Crippen LogP contribution in [0.15, 0.2) is 18.2 Å². The Kier molecular flexibility index (Phi) is 3.99. The van der Waals surface area contributed by atoms with E-state index in [1.807, 2.05) is 6.07 Å². The van der Waals surface area contributed by atoms with Crippen LogP contribution in [0.3, 0.4) is 0 Å². The third-order valence-corrected chi connectivity index (χ3v) is 3.07. The molecular formula is C9H8ClIO2. The van der Waals surface area contributed by atoms with E-state index < -0.39 is 0 Å². The van der Waals surface area contributed by atoms with Gasteiger partial charge in [0.05, 0.1) is 17.2 Å². The van der Waals surface area contributed by atoms with Crippen LogP contribution in [0.2, 0.25) is 5.02 Å². The first-order chi connectivity index (χ1) is 6.16. The van der Waals surface area contributed by atoms with Gasteiger partial charge in [0.1, 0.15) is 0 Å². The van der Waals surface area contributed by atoms with Crippen LogP contribution in [-0.4, -0.2) is 12.6 Å². The topological polar surface area (TPSA) is 26.3 Å². The van der Waals surface area contributed by atoms with Gasteiger partial charge in [-0.2, -0.15) is 0 Å². The summed E-state index contributed by atoms with van der Waals surface area (Å²) >= 11 is 7.99. The first kappa shape index (κ1) is 10.8. The minimum absolute atomic E-state index is 0.362. The van der Waals surface area contributed by atoms with E-state index in [1.165, 1.54) is 0 Å². The van der Waals surface area contributed by atoms with Crippen LogP contribution >= 0.6 is 34.2 Å². The van der Waals surface area contributed by atoms with Gasteiger partial charge in [-0.1, -0.05) is 17.7 Å². The molecule has 0 aliphatic heterocycles. The van der Waals surface area contributed by atoms with Gasteiger partial charge in [-0.05, 0) is 41.6 Å². The van der Waals surface area contributed by atoms with Gasteiger partial charge in [0, 0.05) is 3.57 Å². The Morgan fingerprint density at radius 2 is 2.31 bits per heavy atom. The number of carbonyl (C=O) groups is 1. The summed E-state index contributed by atoms with van der Waals surface area (Å²) in [5, 5.41) is 0.460. The van der Waals surface area contributed by atoms with Crippen molar-refractivity contribution in [3.8, 4) is 0 Å². The molecule has 0 N–H and O–H groups in total. The second kappa shape index (κ2) is 4.81. The first-order valence-electron chi connectivity index (χ1n) is 3.78. The van der Waals surface area contributed by atoms with E-state index in [1.54, 1.807) is 19.1 Å². The van der Waals surface area contributed by atoms with Crippen molar-refractivity contribution in [3.63, 3.8) is 0 Å². The van der Waals surface area contributed by atoms with Gasteiger partial charge >= 0.3 is 5.97 Å². The van der Waals surface area contributed by atoms with Crippen molar-refractivity contribution >= 4 is 40.2 Å². The molecule has 0 spiro atoms. The molecule has 0 unspecified atom stereocenters. The first-order valence-corrected chi connectivity index (χ1v) is 5.23. The van der Waals surface area contributed by atoms with Crippen molar-refractivity contribution in [2.45, 2.75) is 6.92 Å². The van der Waals surface area contributed by atoms with Crippen LogP contribution in [0.5, 0.6) is 0 Å². The maximum Gasteiger partial charge on any atom is 0.339 e. The molecule has 2 nitrogen and oxygen atoms in total. The molecule has 0 aliphatic rings. The van der Waals surface area contributed by atoms with Gasteiger partial charge in [0.25, 0.3) is 0 Å². The Morgan fingerprint density at radius 1 is 1.62 bits per heavy atom. The monoisotopic (exact) mass is 310 g/mol. The highest BCUT2D eigenvalue weighted by molar-refractivity contribution is 14.1. The number of ether oxygens (including phenoxy) is 1. The molecule has 0 fully saturated rings. The summed E-state index contributed by atoms with van der Waals surface area (Å²) in [6, 6.07) is 5.27. The second-order valence-electron chi connectivity index (χ2n) is 2.32. The smallest absolute Gasteiger partial charge is 0.339 e. The fourth-order valence-electron chi connectivity index (χ4n) is 0.870. The van der Waals surface area contributed by atoms with Crippen molar-refractivity contribution in [2.24, 2.45) is 0 Å². The Hall–Kier alpha value is -0.290. The maximum absolute atomic E-state index is 11.3. The minimum atomic E-state index is -0.369. The predicted octanol–water partition coefficient (Wildman–Crippen LogP) is 3.12. The van der Waals surface area contributed by atoms with E-state index in [0.29, 0.717) is 17.2 Å². The Bertz CT molecular complexity index is 325. The Labute approximate surface area is 95.4 Å². The van der Waals surface area contributed by atoms with Crippen LogP contribution in [0.1, 0.15) is 17.3 Å². The molecule has 1 rings (SSSR count). The number of benzene rings is 1. The zero-order chi connectivity index (χ0) is 9.84. The lowest BCUT2D eigenvalue weighted by Gasteiger charge is -2.04. The van der Waals surface area contributed by atoms with E-state index in [2.05, 4.69) is 22.6 Å². The van der Waals surface area contributed by atoms with Gasteiger partial charge in [-0.25, -0.2) is 4.79 Å². The van der Waals surface area contributed by atoms with E-state index in [4.69, 9.17) is 16.3 Å². The van der Waals surface area contributed by atoms with E-state index in [0.717, 1.165) is 3.57 Å². The minimum Gasteiger partial charge on any atom is -0.462 e. The Balaban J connectivity index is 3.01. The molecule has 0 aromatic heterocycles. The number of halogens is 2. The lowest BCUT2D eigenvalue weighted by molar-refractivity contribution is 0.0526. The third kappa shape index (κ3) is 2.57. The van der Waals surface area contributed by atoms with Crippen molar-refractivity contribution in [1.82, 2.24) is 0 Å². The second-order valence-corrected chi connectivity index (χ2v) is 3.86. The van der Waals surface area contributed by atoms with Crippen LogP contribution in [0.25, 0.3) is 0 Å². The summed E-state index contributed by atoms with van der Waals surface area (Å²) < 4.78 is 5.69. The largest absolute Gasteiger partial charge is 0.462 e. The quantitative estimate of drug-likeness (QED) is 0.620. The summed E-state index contributed by atoms with van der Waals surface area (Å²) in [7, 11) is 0. The van der Waals surface area contributed by atoms with Crippen molar-refractivity contribution < 1.29 is 9.53 Å². The Morgan fingerprint density at radius 3 is 2.92 bits per heavy atom. The molecule has 0 atom stereocenters. The molecule has 0 saturated heterocycles. The molecule has 0 bridgehead atoms. The van der Waals surface area contributed by atoms with E-state index in [9.17, 15) is 4.79 Å². The van der Waals surface area contributed by atoms with Crippen molar-refractivity contribution in [2.75, 3.05) is 6.61 Å². The molecule has 0 radical (unpaired) electrons. The summed E-state index contributed by atoms with van der Waals surface area (Å²) in [5.41, 5.74) is 0.426. The summed E-state index contributed by atoms with van der Waals surface area (Å²) in [4.78, 5) is 11.3. The molecular weight excluding hydrogens is 302 g/mol. The number of carbonyl (C=O) groups excluding carboxylic acids is 1. The summed E-state index contributed by atoms with van der Waals surface area (Å²) in [6.07, 6.45) is 0. The van der Waals surface area contributed by atoms with E-state index >= 15 is 0 Å². The van der Waals surface area contributed by atoms with Gasteiger partial charge in [0.15, 0.2) is 0 Å². The van der Waals surface area contributed by atoms with Crippen LogP contribution < -0.4 is 0 Å². The van der Waals surface area contributed by atoms with Crippen molar-refractivity contribution in [3.05, 3.63) is 32.4 Å². The summed E-state index contributed by atoms with van der Waals surface area (Å²) in [5.74, 6) is -0.369. The number of hydrogen-bond donors (Lipinski definition) is 0. The van der Waals surface area contributed by atoms with Crippen LogP contribution in [-0.2, 0) is 4.74 Å². The number of esters is 1. The highest BCUT2D eigenvalue weighted by atomic mass is 127. The third-order valence-electron chi connectivity index (χ3n) is 1.45. The molecule has 0 aliphatic carbocycles. The van der Waals surface area contributed by atoms with E-state index in [-0.39, 0.29) is 5.97 Å². The average Bonchev–Trinajstić information content (AvgIpc) is 2.10. The van der Waals surface area contributed by atoms with Crippen LogP contribution in [0, 0.1) is 3.57 Å². The SMILES string of the molecule is CCOC(=O)c1cccc(I)c1Cl. The highest BCUT2D eigenvalue weighted by Crippen LogP contribution is 2.23. The molecule has 0 amide bonds. The average molecular weight is 311 g/mol. The van der Waals surface area contributed by atoms with Gasteiger partial charge in [-0.3, -0.25) is 0 Å².